The molecule has 0 atom stereocenters. The van der Waals surface area contributed by atoms with Gasteiger partial charge >= 0.3 is 33.9 Å². The van der Waals surface area contributed by atoms with Gasteiger partial charge in [-0.25, -0.2) is 0 Å². The van der Waals surface area contributed by atoms with Gasteiger partial charge in [-0.1, -0.05) is 0 Å². The fraction of sp³-hybridized carbons (Fsp3) is 0. The summed E-state index contributed by atoms with van der Waals surface area (Å²) in [5.41, 5.74) is 0. The van der Waals surface area contributed by atoms with Crippen LogP contribution in [-0.2, 0) is 17.2 Å². The van der Waals surface area contributed by atoms with Crippen molar-refractivity contribution in [1.29, 1.82) is 0 Å². The topological polar surface area (TPSA) is 0 Å². The van der Waals surface area contributed by atoms with Crippen LogP contribution in [0.2, 0.25) is 0 Å². The summed E-state index contributed by atoms with van der Waals surface area (Å²) in [5.74, 6) is 0. The maximum absolute atomic E-state index is 10.4. The van der Waals surface area contributed by atoms with Crippen LogP contribution in [0.1, 0.15) is 0 Å². The van der Waals surface area contributed by atoms with Crippen LogP contribution in [0.5, 0.6) is 0 Å². The fourth-order valence-corrected chi connectivity index (χ4v) is 0. The molecule has 0 saturated carbocycles. The number of halogens is 3. The van der Waals surface area contributed by atoms with Gasteiger partial charge in [-0.3, -0.25) is 0 Å². The SMILES string of the molecule is [F][Ru]=[C](F)F. The molecule has 0 aromatic carbocycles. The monoisotopic (exact) mass is 171 g/mol. The van der Waals surface area contributed by atoms with Crippen LogP contribution in [-0.4, -0.2) is 4.61 Å². The van der Waals surface area contributed by atoms with E-state index >= 15 is 0 Å². The molecular formula is CF3Ru. The molecule has 33 valence electrons. The zero-order chi connectivity index (χ0) is 4.28. The second kappa shape index (κ2) is 2.52. The van der Waals surface area contributed by atoms with E-state index in [9.17, 15) is 12.1 Å². The molecule has 4 heteroatoms. The Balaban J connectivity index is 3.14. The average molecular weight is 170 g/mol. The van der Waals surface area contributed by atoms with Gasteiger partial charge in [0, 0.05) is 0 Å². The summed E-state index contributed by atoms with van der Waals surface area (Å²) in [5, 5.41) is 0. The Kier molecular flexibility index (Phi) is 2.66. The Morgan fingerprint density at radius 3 is 1.60 bits per heavy atom. The number of hydrogen-bond donors (Lipinski definition) is 0. The normalized spacial score (nSPS) is 7.80. The Labute approximate surface area is 34.7 Å². The molecule has 0 nitrogen and oxygen atoms in total. The standard InChI is InChI=1S/CF2.FH.Ru/c2-1-3;;/h;1H;/q;;+1/p-1. The predicted octanol–water partition coefficient (Wildman–Crippen LogP) is 0.980. The first kappa shape index (κ1) is 5.28. The summed E-state index contributed by atoms with van der Waals surface area (Å²) >= 11 is -2.23. The molecule has 0 heterocycles. The van der Waals surface area contributed by atoms with Gasteiger partial charge in [0.2, 0.25) is 0 Å². The summed E-state index contributed by atoms with van der Waals surface area (Å²) in [7, 11) is 0. The molecule has 0 aliphatic rings. The molecule has 0 aliphatic heterocycles. The third kappa shape index (κ3) is 4.28. The molecule has 0 aromatic heterocycles. The van der Waals surface area contributed by atoms with E-state index in [1.54, 1.807) is 0 Å². The molecular weight excluding hydrogens is 170 g/mol. The Morgan fingerprint density at radius 2 is 1.60 bits per heavy atom. The van der Waals surface area contributed by atoms with Gasteiger partial charge in [0.25, 0.3) is 0 Å². The van der Waals surface area contributed by atoms with E-state index < -0.39 is 21.8 Å². The van der Waals surface area contributed by atoms with Crippen molar-refractivity contribution in [3.8, 4) is 0 Å². The van der Waals surface area contributed by atoms with Gasteiger partial charge in [0.15, 0.2) is 0 Å². The third-order valence-corrected chi connectivity index (χ3v) is 0.299. The Bertz CT molecular complexity index is 44.9. The van der Waals surface area contributed by atoms with Gasteiger partial charge in [-0.2, -0.15) is 0 Å². The van der Waals surface area contributed by atoms with Crippen molar-refractivity contribution in [1.82, 2.24) is 0 Å². The minimum atomic E-state index is -2.23. The van der Waals surface area contributed by atoms with Crippen molar-refractivity contribution < 1.29 is 29.3 Å². The molecule has 5 heavy (non-hydrogen) atoms. The molecule has 0 radical (unpaired) electrons. The van der Waals surface area contributed by atoms with Crippen molar-refractivity contribution in [3.63, 3.8) is 0 Å². The van der Waals surface area contributed by atoms with Gasteiger partial charge in [-0.15, -0.1) is 0 Å². The van der Waals surface area contributed by atoms with Crippen molar-refractivity contribution in [3.05, 3.63) is 0 Å². The van der Waals surface area contributed by atoms with E-state index in [4.69, 9.17) is 0 Å². The molecule has 0 fully saturated rings. The van der Waals surface area contributed by atoms with E-state index in [-0.39, 0.29) is 0 Å². The molecule has 0 bridgehead atoms. The molecule has 0 saturated heterocycles. The Morgan fingerprint density at radius 1 is 1.40 bits per heavy atom. The van der Waals surface area contributed by atoms with Crippen LogP contribution < -0.4 is 0 Å². The zero-order valence-corrected chi connectivity index (χ0v) is 3.73. The molecule has 0 aromatic rings. The molecule has 0 amide bonds. The second-order valence-electron chi connectivity index (χ2n) is 0.272. The second-order valence-corrected chi connectivity index (χ2v) is 1.26. The zero-order valence-electron chi connectivity index (χ0n) is 1.99. The molecule has 0 rings (SSSR count). The molecule has 0 unspecified atom stereocenters. The molecule has 0 spiro atoms. The van der Waals surface area contributed by atoms with E-state index in [1.165, 1.54) is 0 Å². The fourth-order valence-electron chi connectivity index (χ4n) is 0. The van der Waals surface area contributed by atoms with E-state index in [1.807, 2.05) is 0 Å². The number of rotatable bonds is 0. The summed E-state index contributed by atoms with van der Waals surface area (Å²) < 4.78 is 29.0. The molecule has 0 N–H and O–H groups in total. The predicted molar refractivity (Wildman–Crippen MR) is 8.33 cm³/mol. The van der Waals surface area contributed by atoms with Crippen molar-refractivity contribution in [2.75, 3.05) is 0 Å². The first-order chi connectivity index (χ1) is 2.27. The van der Waals surface area contributed by atoms with Crippen molar-refractivity contribution >= 4 is 4.61 Å². The summed E-state index contributed by atoms with van der Waals surface area (Å²) in [6.45, 7) is 0. The summed E-state index contributed by atoms with van der Waals surface area (Å²) in [6.07, 6.45) is 0. The van der Waals surface area contributed by atoms with Crippen LogP contribution in [0, 0.1) is 0 Å². The van der Waals surface area contributed by atoms with Crippen molar-refractivity contribution in [2.45, 2.75) is 0 Å². The molecule has 0 aliphatic carbocycles. The van der Waals surface area contributed by atoms with Gasteiger partial charge in [-0.05, 0) is 0 Å². The van der Waals surface area contributed by atoms with Gasteiger partial charge in [0.05, 0.1) is 0 Å². The van der Waals surface area contributed by atoms with Crippen LogP contribution >= 0.6 is 0 Å². The van der Waals surface area contributed by atoms with E-state index in [0.29, 0.717) is 0 Å². The van der Waals surface area contributed by atoms with Crippen molar-refractivity contribution in [2.24, 2.45) is 0 Å². The average Bonchev–Trinajstić information content (AvgIpc) is 1.38. The van der Waals surface area contributed by atoms with Gasteiger partial charge in [0.1, 0.15) is 0 Å². The third-order valence-electron chi connectivity index (χ3n) is 0.0505. The first-order valence-electron chi connectivity index (χ1n) is 0.688. The van der Waals surface area contributed by atoms with Crippen LogP contribution in [0.25, 0.3) is 0 Å². The first-order valence-corrected chi connectivity index (χ1v) is 2.21. The van der Waals surface area contributed by atoms with E-state index in [0.717, 1.165) is 0 Å². The number of hydrogen-bond acceptors (Lipinski definition) is 0. The van der Waals surface area contributed by atoms with E-state index in [2.05, 4.69) is 0 Å². The Hall–Kier alpha value is 0.283. The van der Waals surface area contributed by atoms with Crippen LogP contribution in [0.3, 0.4) is 0 Å². The minimum absolute atomic E-state index is 2.07. The van der Waals surface area contributed by atoms with Crippen LogP contribution in [0.4, 0.5) is 12.1 Å². The summed E-state index contributed by atoms with van der Waals surface area (Å²) in [6, 6.07) is 0. The van der Waals surface area contributed by atoms with Crippen LogP contribution in [0.15, 0.2) is 0 Å². The maximum atomic E-state index is 10.4. The quantitative estimate of drug-likeness (QED) is 0.475. The summed E-state index contributed by atoms with van der Waals surface area (Å²) in [4.78, 5) is 0. The van der Waals surface area contributed by atoms with Gasteiger partial charge < -0.3 is 0 Å².